The lowest BCUT2D eigenvalue weighted by Crippen LogP contribution is -2.40. The fourth-order valence-electron chi connectivity index (χ4n) is 2.61. The fraction of sp³-hybridized carbons (Fsp3) is 0.632. The summed E-state index contributed by atoms with van der Waals surface area (Å²) in [7, 11) is 0. The zero-order valence-corrected chi connectivity index (χ0v) is 16.9. The normalized spacial score (nSPS) is 17.4. The Balaban J connectivity index is 1.61. The Bertz CT molecular complexity index is 566. The maximum absolute atomic E-state index is 11.7. The van der Waals surface area contributed by atoms with E-state index in [1.165, 1.54) is 5.56 Å². The predicted molar refractivity (Wildman–Crippen MR) is 103 cm³/mol. The number of benzene rings is 1. The lowest BCUT2D eigenvalue weighted by Gasteiger charge is -2.20. The minimum absolute atomic E-state index is 0.113. The van der Waals surface area contributed by atoms with Crippen LogP contribution >= 0.6 is 15.9 Å². The lowest BCUT2D eigenvalue weighted by atomic mass is 9.87. The van der Waals surface area contributed by atoms with E-state index in [9.17, 15) is 4.79 Å². The molecular formula is C19H29BrN2O3. The fourth-order valence-corrected chi connectivity index (χ4v) is 3.11. The standard InChI is InChI=1S/C19H29BrN2O3/c1-19(2,3)14-7-8-17(16(20)12-14)25-11-5-9-21-18(23)22-13-15-6-4-10-24-15/h7-8,12,15H,4-6,9-11,13H2,1-3H3,(H2,21,22,23). The Morgan fingerprint density at radius 1 is 1.36 bits per heavy atom. The number of nitrogens with one attached hydrogen (secondary N) is 2. The second-order valence-corrected chi connectivity index (χ2v) is 8.22. The van der Waals surface area contributed by atoms with Crippen LogP contribution in [0.5, 0.6) is 5.75 Å². The quantitative estimate of drug-likeness (QED) is 0.665. The number of ether oxygens (including phenoxy) is 2. The Labute approximate surface area is 159 Å². The molecular weight excluding hydrogens is 384 g/mol. The summed E-state index contributed by atoms with van der Waals surface area (Å²) in [6, 6.07) is 6.04. The first-order chi connectivity index (χ1) is 11.9. The molecule has 1 unspecified atom stereocenters. The molecule has 1 fully saturated rings. The molecule has 6 heteroatoms. The minimum atomic E-state index is -0.147. The van der Waals surface area contributed by atoms with Crippen LogP contribution in [0.15, 0.2) is 22.7 Å². The van der Waals surface area contributed by atoms with Gasteiger partial charge >= 0.3 is 6.03 Å². The van der Waals surface area contributed by atoms with Crippen LogP contribution in [0, 0.1) is 0 Å². The van der Waals surface area contributed by atoms with Gasteiger partial charge in [0.15, 0.2) is 0 Å². The predicted octanol–water partition coefficient (Wildman–Crippen LogP) is 3.99. The van der Waals surface area contributed by atoms with Crippen molar-refractivity contribution in [2.75, 3.05) is 26.3 Å². The van der Waals surface area contributed by atoms with E-state index in [4.69, 9.17) is 9.47 Å². The van der Waals surface area contributed by atoms with Gasteiger partial charge in [-0.25, -0.2) is 4.79 Å². The number of halogens is 1. The van der Waals surface area contributed by atoms with E-state index in [-0.39, 0.29) is 17.6 Å². The van der Waals surface area contributed by atoms with Gasteiger partial charge in [0.25, 0.3) is 0 Å². The van der Waals surface area contributed by atoms with Gasteiger partial charge in [-0.05, 0) is 58.3 Å². The van der Waals surface area contributed by atoms with Gasteiger partial charge in [0.1, 0.15) is 5.75 Å². The largest absolute Gasteiger partial charge is 0.492 e. The van der Waals surface area contributed by atoms with Crippen LogP contribution in [0.1, 0.15) is 45.6 Å². The van der Waals surface area contributed by atoms with Crippen LogP contribution in [0.3, 0.4) is 0 Å². The first-order valence-corrected chi connectivity index (χ1v) is 9.71. The van der Waals surface area contributed by atoms with Crippen molar-refractivity contribution < 1.29 is 14.3 Å². The molecule has 1 atom stereocenters. The molecule has 0 spiro atoms. The maximum atomic E-state index is 11.7. The third-order valence-electron chi connectivity index (χ3n) is 4.18. The molecule has 1 heterocycles. The van der Waals surface area contributed by atoms with Crippen LogP contribution < -0.4 is 15.4 Å². The van der Waals surface area contributed by atoms with Crippen LogP contribution in [-0.4, -0.2) is 38.4 Å². The number of hydrogen-bond donors (Lipinski definition) is 2. The summed E-state index contributed by atoms with van der Waals surface area (Å²) >= 11 is 3.57. The number of rotatable bonds is 7. The summed E-state index contributed by atoms with van der Waals surface area (Å²) < 4.78 is 12.2. The minimum Gasteiger partial charge on any atom is -0.492 e. The molecule has 0 aliphatic carbocycles. The zero-order valence-electron chi connectivity index (χ0n) is 15.4. The average molecular weight is 413 g/mol. The van der Waals surface area contributed by atoms with Crippen molar-refractivity contribution in [2.45, 2.75) is 51.6 Å². The summed E-state index contributed by atoms with van der Waals surface area (Å²) in [6.45, 7) is 9.07. The molecule has 1 aromatic carbocycles. The topological polar surface area (TPSA) is 59.6 Å². The van der Waals surface area contributed by atoms with Crippen LogP contribution in [0.4, 0.5) is 4.79 Å². The van der Waals surface area contributed by atoms with Gasteiger partial charge in [0, 0.05) is 19.7 Å². The zero-order chi connectivity index (χ0) is 18.3. The Morgan fingerprint density at radius 2 is 2.16 bits per heavy atom. The van der Waals surface area contributed by atoms with Crippen molar-refractivity contribution in [3.8, 4) is 5.75 Å². The summed E-state index contributed by atoms with van der Waals surface area (Å²) in [5.74, 6) is 0.829. The van der Waals surface area contributed by atoms with E-state index in [0.717, 1.165) is 36.1 Å². The third kappa shape index (κ3) is 6.86. The van der Waals surface area contributed by atoms with E-state index < -0.39 is 0 Å². The molecule has 0 saturated carbocycles. The van der Waals surface area contributed by atoms with Crippen molar-refractivity contribution in [2.24, 2.45) is 0 Å². The highest BCUT2D eigenvalue weighted by Gasteiger charge is 2.16. The number of carbonyl (C=O) groups is 1. The summed E-state index contributed by atoms with van der Waals surface area (Å²) in [4.78, 5) is 11.7. The molecule has 2 rings (SSSR count). The molecule has 1 aliphatic heterocycles. The summed E-state index contributed by atoms with van der Waals surface area (Å²) in [5.41, 5.74) is 1.37. The van der Waals surface area contributed by atoms with Crippen molar-refractivity contribution in [3.05, 3.63) is 28.2 Å². The first kappa shape index (κ1) is 20.0. The van der Waals surface area contributed by atoms with E-state index in [1.54, 1.807) is 0 Å². The number of carbonyl (C=O) groups excluding carboxylic acids is 1. The molecule has 25 heavy (non-hydrogen) atoms. The van der Waals surface area contributed by atoms with Gasteiger partial charge in [-0.15, -0.1) is 0 Å². The highest BCUT2D eigenvalue weighted by atomic mass is 79.9. The molecule has 0 aromatic heterocycles. The summed E-state index contributed by atoms with van der Waals surface area (Å²) in [5, 5.41) is 5.68. The van der Waals surface area contributed by atoms with Gasteiger partial charge in [-0.3, -0.25) is 0 Å². The Morgan fingerprint density at radius 3 is 2.80 bits per heavy atom. The molecule has 2 N–H and O–H groups in total. The van der Waals surface area contributed by atoms with Crippen molar-refractivity contribution >= 4 is 22.0 Å². The van der Waals surface area contributed by atoms with Gasteiger partial charge < -0.3 is 20.1 Å². The molecule has 2 amide bonds. The molecule has 1 aromatic rings. The third-order valence-corrected chi connectivity index (χ3v) is 4.80. The summed E-state index contributed by atoms with van der Waals surface area (Å²) in [6.07, 6.45) is 3.03. The second kappa shape index (κ2) is 9.43. The number of amides is 2. The van der Waals surface area contributed by atoms with Crippen LogP contribution in [0.25, 0.3) is 0 Å². The molecule has 140 valence electrons. The number of urea groups is 1. The molecule has 0 radical (unpaired) electrons. The van der Waals surface area contributed by atoms with E-state index >= 15 is 0 Å². The van der Waals surface area contributed by atoms with E-state index in [1.807, 2.05) is 6.07 Å². The highest BCUT2D eigenvalue weighted by molar-refractivity contribution is 9.10. The monoisotopic (exact) mass is 412 g/mol. The molecule has 0 bridgehead atoms. The van der Waals surface area contributed by atoms with Crippen molar-refractivity contribution in [1.29, 1.82) is 0 Å². The Kier molecular flexibility index (Phi) is 7.56. The van der Waals surface area contributed by atoms with Crippen molar-refractivity contribution in [3.63, 3.8) is 0 Å². The highest BCUT2D eigenvalue weighted by Crippen LogP contribution is 2.31. The molecule has 5 nitrogen and oxygen atoms in total. The van der Waals surface area contributed by atoms with Crippen LogP contribution in [-0.2, 0) is 10.2 Å². The average Bonchev–Trinajstić information content (AvgIpc) is 3.06. The van der Waals surface area contributed by atoms with Gasteiger partial charge in [-0.1, -0.05) is 26.8 Å². The van der Waals surface area contributed by atoms with Crippen molar-refractivity contribution in [1.82, 2.24) is 10.6 Å². The van der Waals surface area contributed by atoms with E-state index in [0.29, 0.717) is 19.7 Å². The van der Waals surface area contributed by atoms with Gasteiger partial charge in [0.05, 0.1) is 17.2 Å². The first-order valence-electron chi connectivity index (χ1n) is 8.92. The number of hydrogen-bond acceptors (Lipinski definition) is 3. The van der Waals surface area contributed by atoms with Gasteiger partial charge in [-0.2, -0.15) is 0 Å². The second-order valence-electron chi connectivity index (χ2n) is 7.37. The SMILES string of the molecule is CC(C)(C)c1ccc(OCCCNC(=O)NCC2CCCO2)c(Br)c1. The molecule has 1 saturated heterocycles. The van der Waals surface area contributed by atoms with E-state index in [2.05, 4.69) is 59.5 Å². The smallest absolute Gasteiger partial charge is 0.314 e. The molecule has 1 aliphatic rings. The Hall–Kier alpha value is -1.27. The van der Waals surface area contributed by atoms with Crippen LogP contribution in [0.2, 0.25) is 0 Å². The maximum Gasteiger partial charge on any atom is 0.314 e. The lowest BCUT2D eigenvalue weighted by molar-refractivity contribution is 0.111. The van der Waals surface area contributed by atoms with Gasteiger partial charge in [0.2, 0.25) is 0 Å².